The number of rotatable bonds is 5. The molecule has 4 fully saturated rings. The van der Waals surface area contributed by atoms with Crippen molar-refractivity contribution >= 4 is 28.4 Å². The fourth-order valence-corrected chi connectivity index (χ4v) is 5.53. The number of alkyl halides is 3. The normalized spacial score (nSPS) is 30.3. The summed E-state index contributed by atoms with van der Waals surface area (Å²) < 4.78 is 46.7. The summed E-state index contributed by atoms with van der Waals surface area (Å²) in [6, 6.07) is 7.09. The van der Waals surface area contributed by atoms with Crippen molar-refractivity contribution in [2.24, 2.45) is 0 Å². The van der Waals surface area contributed by atoms with Crippen LogP contribution in [-0.2, 0) is 10.2 Å². The molecule has 0 spiro atoms. The first kappa shape index (κ1) is 20.9. The molecule has 4 saturated carbocycles. The maximum absolute atomic E-state index is 12.8. The molecule has 1 N–H and O–H groups in total. The maximum atomic E-state index is 12.8. The van der Waals surface area contributed by atoms with Crippen LogP contribution in [0.3, 0.4) is 0 Å². The molecule has 7 rings (SSSR count). The van der Waals surface area contributed by atoms with E-state index >= 15 is 0 Å². The molecule has 11 heteroatoms. The Morgan fingerprint density at radius 3 is 2.67 bits per heavy atom. The SMILES string of the molecule is O=C(NC12CC(c3nnc([C@H]4C[C@@H](OC(F)(F)F)C4)o3)(C1)C2)c1ccc2cc(Cl)cnc2c1. The van der Waals surface area contributed by atoms with E-state index in [-0.39, 0.29) is 35.6 Å². The number of benzene rings is 1. The first-order chi connectivity index (χ1) is 15.6. The van der Waals surface area contributed by atoms with E-state index in [1.807, 2.05) is 6.07 Å². The van der Waals surface area contributed by atoms with Crippen LogP contribution < -0.4 is 5.32 Å². The Kier molecular flexibility index (Phi) is 4.36. The average molecular weight is 479 g/mol. The smallest absolute Gasteiger partial charge is 0.424 e. The molecule has 1 aromatic carbocycles. The zero-order valence-corrected chi connectivity index (χ0v) is 17.9. The summed E-state index contributed by atoms with van der Waals surface area (Å²) in [5, 5.41) is 12.7. The van der Waals surface area contributed by atoms with Crippen molar-refractivity contribution < 1.29 is 27.1 Å². The second-order valence-electron chi connectivity index (χ2n) is 9.41. The zero-order valence-electron chi connectivity index (χ0n) is 17.2. The van der Waals surface area contributed by atoms with E-state index in [4.69, 9.17) is 16.0 Å². The molecule has 172 valence electrons. The minimum atomic E-state index is -4.63. The summed E-state index contributed by atoms with van der Waals surface area (Å²) in [5.74, 6) is 0.480. The van der Waals surface area contributed by atoms with E-state index in [1.165, 1.54) is 0 Å². The predicted octanol–water partition coefficient (Wildman–Crippen LogP) is 4.66. The number of halogens is 4. The Hall–Kier alpha value is -2.72. The number of hydrogen-bond donors (Lipinski definition) is 1. The van der Waals surface area contributed by atoms with Gasteiger partial charge in [-0.3, -0.25) is 14.5 Å². The van der Waals surface area contributed by atoms with Crippen molar-refractivity contribution in [1.29, 1.82) is 0 Å². The molecule has 2 aromatic heterocycles. The summed E-state index contributed by atoms with van der Waals surface area (Å²) >= 11 is 5.96. The van der Waals surface area contributed by atoms with Crippen LogP contribution in [0.2, 0.25) is 5.02 Å². The summed E-state index contributed by atoms with van der Waals surface area (Å²) in [4.78, 5) is 17.1. The standard InChI is InChI=1S/C22H18ClF3N4O3/c23-14-3-11-1-2-12(6-16(11)27-7-14)17(31)28-21-8-20(9-21,10-21)19-30-29-18(32-19)13-4-15(5-13)33-22(24,25)26/h1-3,6-7,13,15H,4-5,8-10H2,(H,28,31)/t13-,15+,20?,21?. The lowest BCUT2D eigenvalue weighted by Gasteiger charge is -2.68. The van der Waals surface area contributed by atoms with Gasteiger partial charge in [-0.2, -0.15) is 0 Å². The Balaban J connectivity index is 1.06. The zero-order chi connectivity index (χ0) is 23.0. The van der Waals surface area contributed by atoms with Gasteiger partial charge in [0.15, 0.2) is 0 Å². The van der Waals surface area contributed by atoms with E-state index in [0.29, 0.717) is 47.1 Å². The number of aromatic nitrogens is 3. The summed E-state index contributed by atoms with van der Waals surface area (Å²) in [6.45, 7) is 0. The highest BCUT2D eigenvalue weighted by molar-refractivity contribution is 6.31. The molecule has 4 aliphatic rings. The Labute approximate surface area is 190 Å². The monoisotopic (exact) mass is 478 g/mol. The molecule has 33 heavy (non-hydrogen) atoms. The van der Waals surface area contributed by atoms with Gasteiger partial charge in [-0.1, -0.05) is 17.7 Å². The molecule has 0 radical (unpaired) electrons. The van der Waals surface area contributed by atoms with E-state index in [2.05, 4.69) is 25.2 Å². The molecule has 1 amide bonds. The molecule has 7 nitrogen and oxygen atoms in total. The summed E-state index contributed by atoms with van der Waals surface area (Å²) in [6.07, 6.45) is -1.44. The van der Waals surface area contributed by atoms with Crippen LogP contribution in [0.1, 0.15) is 60.2 Å². The van der Waals surface area contributed by atoms with Gasteiger partial charge < -0.3 is 9.73 Å². The third-order valence-electron chi connectivity index (χ3n) is 6.96. The minimum Gasteiger partial charge on any atom is -0.424 e. The topological polar surface area (TPSA) is 90.1 Å². The van der Waals surface area contributed by atoms with Crippen LogP contribution in [0, 0.1) is 0 Å². The lowest BCUT2D eigenvalue weighted by molar-refractivity contribution is -0.352. The Morgan fingerprint density at radius 2 is 1.94 bits per heavy atom. The molecule has 0 unspecified atom stereocenters. The van der Waals surface area contributed by atoms with Crippen molar-refractivity contribution in [3.05, 3.63) is 52.8 Å². The van der Waals surface area contributed by atoms with Crippen molar-refractivity contribution in [2.45, 2.75) is 61.4 Å². The molecule has 4 aliphatic carbocycles. The third kappa shape index (κ3) is 3.56. The first-order valence-corrected chi connectivity index (χ1v) is 11.0. The molecule has 0 saturated heterocycles. The second kappa shape index (κ2) is 6.89. The number of ether oxygens (including phenoxy) is 1. The van der Waals surface area contributed by atoms with Gasteiger partial charge in [0, 0.05) is 28.6 Å². The van der Waals surface area contributed by atoms with Crippen LogP contribution in [0.25, 0.3) is 10.9 Å². The van der Waals surface area contributed by atoms with Gasteiger partial charge in [0.05, 0.1) is 22.1 Å². The lowest BCUT2D eigenvalue weighted by atomic mass is 9.39. The van der Waals surface area contributed by atoms with E-state index in [1.54, 1.807) is 24.4 Å². The number of fused-ring (bicyclic) bond motifs is 1. The van der Waals surface area contributed by atoms with Gasteiger partial charge in [-0.15, -0.1) is 23.4 Å². The van der Waals surface area contributed by atoms with Gasteiger partial charge in [-0.05, 0) is 50.3 Å². The van der Waals surface area contributed by atoms with Crippen LogP contribution >= 0.6 is 11.6 Å². The van der Waals surface area contributed by atoms with Gasteiger partial charge in [0.1, 0.15) is 0 Å². The first-order valence-electron chi connectivity index (χ1n) is 10.6. The maximum Gasteiger partial charge on any atom is 0.522 e. The largest absolute Gasteiger partial charge is 0.522 e. The second-order valence-corrected chi connectivity index (χ2v) is 9.84. The molecule has 0 aliphatic heterocycles. The van der Waals surface area contributed by atoms with Gasteiger partial charge >= 0.3 is 6.36 Å². The number of carbonyl (C=O) groups is 1. The lowest BCUT2D eigenvalue weighted by Crippen LogP contribution is -2.76. The van der Waals surface area contributed by atoms with E-state index in [9.17, 15) is 18.0 Å². The molecule has 2 heterocycles. The predicted molar refractivity (Wildman–Crippen MR) is 110 cm³/mol. The van der Waals surface area contributed by atoms with Crippen molar-refractivity contribution in [3.63, 3.8) is 0 Å². The van der Waals surface area contributed by atoms with Crippen LogP contribution in [0.5, 0.6) is 0 Å². The molecule has 3 aromatic rings. The number of carbonyl (C=O) groups excluding carboxylic acids is 1. The minimum absolute atomic E-state index is 0.168. The number of nitrogens with one attached hydrogen (secondary N) is 1. The number of hydrogen-bond acceptors (Lipinski definition) is 6. The van der Waals surface area contributed by atoms with Crippen LogP contribution in [-0.4, -0.2) is 39.1 Å². The van der Waals surface area contributed by atoms with Crippen molar-refractivity contribution in [1.82, 2.24) is 20.5 Å². The highest BCUT2D eigenvalue weighted by Crippen LogP contribution is 2.67. The fourth-order valence-electron chi connectivity index (χ4n) is 5.36. The Morgan fingerprint density at radius 1 is 1.18 bits per heavy atom. The van der Waals surface area contributed by atoms with Gasteiger partial charge in [0.2, 0.25) is 11.8 Å². The Bertz CT molecular complexity index is 1250. The quantitative estimate of drug-likeness (QED) is 0.573. The third-order valence-corrected chi connectivity index (χ3v) is 7.17. The average Bonchev–Trinajstić information content (AvgIpc) is 3.13. The highest BCUT2D eigenvalue weighted by atomic mass is 35.5. The van der Waals surface area contributed by atoms with Crippen LogP contribution in [0.4, 0.5) is 13.2 Å². The highest BCUT2D eigenvalue weighted by Gasteiger charge is 2.72. The molecule has 0 atom stereocenters. The summed E-state index contributed by atoms with van der Waals surface area (Å²) in [7, 11) is 0. The fraction of sp³-hybridized carbons (Fsp3) is 0.455. The van der Waals surface area contributed by atoms with Gasteiger partial charge in [0.25, 0.3) is 5.91 Å². The number of amides is 1. The van der Waals surface area contributed by atoms with Crippen molar-refractivity contribution in [2.75, 3.05) is 0 Å². The van der Waals surface area contributed by atoms with Crippen LogP contribution in [0.15, 0.2) is 34.9 Å². The molecule has 2 bridgehead atoms. The number of pyridine rings is 1. The molecular weight excluding hydrogens is 461 g/mol. The van der Waals surface area contributed by atoms with Gasteiger partial charge in [-0.25, -0.2) is 0 Å². The number of nitrogens with zero attached hydrogens (tertiary/aromatic N) is 3. The summed E-state index contributed by atoms with van der Waals surface area (Å²) in [5.41, 5.74) is 0.664. The van der Waals surface area contributed by atoms with E-state index in [0.717, 1.165) is 5.39 Å². The molecular formula is C22H18ClF3N4O3. The van der Waals surface area contributed by atoms with Crippen molar-refractivity contribution in [3.8, 4) is 0 Å². The van der Waals surface area contributed by atoms with E-state index < -0.39 is 12.5 Å².